The Morgan fingerprint density at radius 1 is 1.31 bits per heavy atom. The Balaban J connectivity index is 1.72. The van der Waals surface area contributed by atoms with Gasteiger partial charge < -0.3 is 9.64 Å². The Hall–Kier alpha value is 0.210. The van der Waals surface area contributed by atoms with Gasteiger partial charge in [-0.25, -0.2) is 0 Å². The van der Waals surface area contributed by atoms with E-state index >= 15 is 0 Å². The van der Waals surface area contributed by atoms with E-state index in [-0.39, 0.29) is 0 Å². The summed E-state index contributed by atoms with van der Waals surface area (Å²) in [4.78, 5) is 2.59. The van der Waals surface area contributed by atoms with Crippen molar-refractivity contribution < 1.29 is 4.74 Å². The number of rotatable bonds is 4. The number of likely N-dealkylation sites (tertiary alicyclic amines) is 1. The van der Waals surface area contributed by atoms with Gasteiger partial charge in [0.2, 0.25) is 0 Å². The Kier molecular flexibility index (Phi) is 4.93. The SMILES string of the molecule is CC1CCC(CN2CCCC(CCCl)C2)O1. The van der Waals surface area contributed by atoms with Crippen molar-refractivity contribution in [1.82, 2.24) is 4.90 Å². The van der Waals surface area contributed by atoms with Crippen LogP contribution in [-0.4, -0.2) is 42.6 Å². The second kappa shape index (κ2) is 6.23. The van der Waals surface area contributed by atoms with Crippen molar-refractivity contribution in [3.63, 3.8) is 0 Å². The lowest BCUT2D eigenvalue weighted by Crippen LogP contribution is -2.40. The third-order valence-electron chi connectivity index (χ3n) is 3.90. The Labute approximate surface area is 104 Å². The van der Waals surface area contributed by atoms with E-state index in [0.717, 1.165) is 18.3 Å². The standard InChI is InChI=1S/C13H24ClNO/c1-11-4-5-13(16-11)10-15-8-2-3-12(9-15)6-7-14/h11-13H,2-10H2,1H3. The highest BCUT2D eigenvalue weighted by Gasteiger charge is 2.26. The van der Waals surface area contributed by atoms with Crippen LogP contribution in [0.25, 0.3) is 0 Å². The number of nitrogens with zero attached hydrogens (tertiary/aromatic N) is 1. The summed E-state index contributed by atoms with van der Waals surface area (Å²) < 4.78 is 5.89. The van der Waals surface area contributed by atoms with Crippen LogP contribution >= 0.6 is 11.6 Å². The van der Waals surface area contributed by atoms with Crippen LogP contribution in [0, 0.1) is 5.92 Å². The molecule has 0 saturated carbocycles. The van der Waals surface area contributed by atoms with Crippen LogP contribution in [0.15, 0.2) is 0 Å². The van der Waals surface area contributed by atoms with Crippen LogP contribution in [0.2, 0.25) is 0 Å². The van der Waals surface area contributed by atoms with Gasteiger partial charge in [0.15, 0.2) is 0 Å². The Morgan fingerprint density at radius 2 is 2.19 bits per heavy atom. The minimum absolute atomic E-state index is 0.480. The molecule has 0 amide bonds. The van der Waals surface area contributed by atoms with Gasteiger partial charge in [-0.3, -0.25) is 0 Å². The van der Waals surface area contributed by atoms with Gasteiger partial charge in [0.25, 0.3) is 0 Å². The van der Waals surface area contributed by atoms with Crippen LogP contribution < -0.4 is 0 Å². The molecule has 0 aromatic heterocycles. The van der Waals surface area contributed by atoms with Crippen molar-refractivity contribution in [2.24, 2.45) is 5.92 Å². The molecule has 3 heteroatoms. The van der Waals surface area contributed by atoms with E-state index in [9.17, 15) is 0 Å². The summed E-state index contributed by atoms with van der Waals surface area (Å²) in [6.07, 6.45) is 7.34. The topological polar surface area (TPSA) is 12.5 Å². The molecule has 2 rings (SSSR count). The van der Waals surface area contributed by atoms with Gasteiger partial charge in [0, 0.05) is 19.0 Å². The third-order valence-corrected chi connectivity index (χ3v) is 4.12. The van der Waals surface area contributed by atoms with Gasteiger partial charge in [-0.2, -0.15) is 0 Å². The zero-order chi connectivity index (χ0) is 11.4. The molecular weight excluding hydrogens is 222 g/mol. The normalized spacial score (nSPS) is 36.8. The van der Waals surface area contributed by atoms with Gasteiger partial charge in [-0.1, -0.05) is 0 Å². The van der Waals surface area contributed by atoms with E-state index in [1.807, 2.05) is 0 Å². The molecule has 0 bridgehead atoms. The summed E-state index contributed by atoms with van der Waals surface area (Å²) in [5.41, 5.74) is 0. The average Bonchev–Trinajstić information content (AvgIpc) is 2.65. The lowest BCUT2D eigenvalue weighted by molar-refractivity contribution is 0.0217. The van der Waals surface area contributed by atoms with E-state index in [4.69, 9.17) is 16.3 Å². The number of alkyl halides is 1. The molecule has 2 heterocycles. The van der Waals surface area contributed by atoms with Crippen LogP contribution in [0.4, 0.5) is 0 Å². The first kappa shape index (κ1) is 12.7. The highest BCUT2D eigenvalue weighted by atomic mass is 35.5. The fraction of sp³-hybridized carbons (Fsp3) is 1.00. The van der Waals surface area contributed by atoms with Crippen molar-refractivity contribution in [3.05, 3.63) is 0 Å². The molecule has 3 atom stereocenters. The largest absolute Gasteiger partial charge is 0.374 e. The van der Waals surface area contributed by atoms with Gasteiger partial charge >= 0.3 is 0 Å². The van der Waals surface area contributed by atoms with Crippen molar-refractivity contribution in [2.45, 2.75) is 51.2 Å². The lowest BCUT2D eigenvalue weighted by atomic mass is 9.95. The molecule has 2 aliphatic rings. The Bertz CT molecular complexity index is 210. The maximum atomic E-state index is 5.89. The first-order valence-electron chi connectivity index (χ1n) is 6.71. The summed E-state index contributed by atoms with van der Waals surface area (Å²) in [7, 11) is 0. The molecule has 0 spiro atoms. The first-order valence-corrected chi connectivity index (χ1v) is 7.25. The maximum absolute atomic E-state index is 5.89. The maximum Gasteiger partial charge on any atom is 0.0706 e. The van der Waals surface area contributed by atoms with Crippen LogP contribution in [0.3, 0.4) is 0 Å². The highest BCUT2D eigenvalue weighted by Crippen LogP contribution is 2.24. The summed E-state index contributed by atoms with van der Waals surface area (Å²) in [5.74, 6) is 1.64. The minimum Gasteiger partial charge on any atom is -0.374 e. The number of halogens is 1. The zero-order valence-corrected chi connectivity index (χ0v) is 11.1. The quantitative estimate of drug-likeness (QED) is 0.707. The van der Waals surface area contributed by atoms with Crippen LogP contribution in [-0.2, 0) is 4.74 Å². The van der Waals surface area contributed by atoms with E-state index in [1.165, 1.54) is 45.2 Å². The Morgan fingerprint density at radius 3 is 2.88 bits per heavy atom. The molecule has 0 aromatic carbocycles. The predicted molar refractivity (Wildman–Crippen MR) is 68.1 cm³/mol. The van der Waals surface area contributed by atoms with E-state index < -0.39 is 0 Å². The van der Waals surface area contributed by atoms with Crippen molar-refractivity contribution in [3.8, 4) is 0 Å². The van der Waals surface area contributed by atoms with E-state index in [0.29, 0.717) is 12.2 Å². The second-order valence-corrected chi connectivity index (χ2v) is 5.77. The van der Waals surface area contributed by atoms with Gasteiger partial charge in [-0.15, -0.1) is 11.6 Å². The lowest BCUT2D eigenvalue weighted by Gasteiger charge is -2.33. The molecular formula is C13H24ClNO. The summed E-state index contributed by atoms with van der Waals surface area (Å²) in [6.45, 7) is 5.82. The first-order chi connectivity index (χ1) is 7.78. The molecule has 0 aromatic rings. The number of piperidine rings is 1. The molecule has 0 radical (unpaired) electrons. The van der Waals surface area contributed by atoms with Crippen LogP contribution in [0.1, 0.15) is 39.0 Å². The number of hydrogen-bond donors (Lipinski definition) is 0. The molecule has 2 nitrogen and oxygen atoms in total. The monoisotopic (exact) mass is 245 g/mol. The molecule has 2 fully saturated rings. The smallest absolute Gasteiger partial charge is 0.0706 e. The number of hydrogen-bond acceptors (Lipinski definition) is 2. The van der Waals surface area contributed by atoms with Crippen molar-refractivity contribution in [2.75, 3.05) is 25.5 Å². The fourth-order valence-electron chi connectivity index (χ4n) is 3.01. The van der Waals surface area contributed by atoms with E-state index in [2.05, 4.69) is 11.8 Å². The fourth-order valence-corrected chi connectivity index (χ4v) is 3.32. The molecule has 0 N–H and O–H groups in total. The van der Waals surface area contributed by atoms with Gasteiger partial charge in [0.1, 0.15) is 0 Å². The van der Waals surface area contributed by atoms with Crippen LogP contribution in [0.5, 0.6) is 0 Å². The third kappa shape index (κ3) is 3.61. The van der Waals surface area contributed by atoms with E-state index in [1.54, 1.807) is 0 Å². The second-order valence-electron chi connectivity index (χ2n) is 5.39. The van der Waals surface area contributed by atoms with Crippen molar-refractivity contribution in [1.29, 1.82) is 0 Å². The number of ether oxygens (including phenoxy) is 1. The van der Waals surface area contributed by atoms with Gasteiger partial charge in [0.05, 0.1) is 12.2 Å². The zero-order valence-electron chi connectivity index (χ0n) is 10.3. The molecule has 16 heavy (non-hydrogen) atoms. The molecule has 3 unspecified atom stereocenters. The summed E-state index contributed by atoms with van der Waals surface area (Å²) in [5, 5.41) is 0. The van der Waals surface area contributed by atoms with Gasteiger partial charge in [-0.05, 0) is 51.5 Å². The predicted octanol–water partition coefficient (Wildman–Crippen LogP) is 2.89. The molecule has 0 aliphatic carbocycles. The summed E-state index contributed by atoms with van der Waals surface area (Å²) >= 11 is 5.83. The summed E-state index contributed by atoms with van der Waals surface area (Å²) in [6, 6.07) is 0. The minimum atomic E-state index is 0.480. The van der Waals surface area contributed by atoms with Crippen molar-refractivity contribution >= 4 is 11.6 Å². The molecule has 2 aliphatic heterocycles. The molecule has 2 saturated heterocycles. The highest BCUT2D eigenvalue weighted by molar-refractivity contribution is 6.17. The molecule has 94 valence electrons. The average molecular weight is 246 g/mol.